The van der Waals surface area contributed by atoms with E-state index < -0.39 is 0 Å². The van der Waals surface area contributed by atoms with Crippen LogP contribution in [-0.4, -0.2) is 15.9 Å². The Bertz CT molecular complexity index is 876. The van der Waals surface area contributed by atoms with E-state index in [1.807, 2.05) is 12.1 Å². The number of nitroso groups, excluding NO2 is 1. The molecule has 6 heteroatoms. The predicted molar refractivity (Wildman–Crippen MR) is 130 cm³/mol. The van der Waals surface area contributed by atoms with Crippen LogP contribution in [0.3, 0.4) is 0 Å². The second-order valence-corrected chi connectivity index (χ2v) is 9.05. The van der Waals surface area contributed by atoms with Gasteiger partial charge in [-0.2, -0.15) is 0 Å². The van der Waals surface area contributed by atoms with Crippen molar-refractivity contribution in [3.05, 3.63) is 41.1 Å². The normalized spacial score (nSPS) is 15.3. The van der Waals surface area contributed by atoms with Crippen LogP contribution in [0.15, 0.2) is 35.6 Å². The minimum Gasteiger partial charge on any atom is -0.309 e. The molecule has 1 fully saturated rings. The number of carbonyl (C=O) groups excluding carboxylic acids is 1. The van der Waals surface area contributed by atoms with Gasteiger partial charge >= 0.3 is 0 Å². The molecule has 1 atom stereocenters. The Kier molecular flexibility index (Phi) is 9.32. The second kappa shape index (κ2) is 12.4. The van der Waals surface area contributed by atoms with Crippen molar-refractivity contribution in [1.82, 2.24) is 9.97 Å². The molecular formula is C26H36N4O2. The molecule has 0 bridgehead atoms. The molecule has 1 heterocycles. The molecular weight excluding hydrogens is 400 g/mol. The first-order valence-corrected chi connectivity index (χ1v) is 12.2. The van der Waals surface area contributed by atoms with E-state index in [-0.39, 0.29) is 5.91 Å². The molecule has 1 amide bonds. The largest absolute Gasteiger partial charge is 0.309 e. The van der Waals surface area contributed by atoms with Gasteiger partial charge in [0.1, 0.15) is 5.69 Å². The lowest BCUT2D eigenvalue weighted by Gasteiger charge is -2.21. The van der Waals surface area contributed by atoms with Gasteiger partial charge in [0.25, 0.3) is 0 Å². The van der Waals surface area contributed by atoms with Crippen molar-refractivity contribution >= 4 is 17.4 Å². The second-order valence-electron chi connectivity index (χ2n) is 9.05. The summed E-state index contributed by atoms with van der Waals surface area (Å²) in [5.41, 5.74) is 2.87. The molecule has 0 radical (unpaired) electrons. The van der Waals surface area contributed by atoms with Crippen molar-refractivity contribution < 1.29 is 4.79 Å². The van der Waals surface area contributed by atoms with Crippen LogP contribution in [-0.2, 0) is 11.2 Å². The smallest absolute Gasteiger partial charge is 0.225 e. The number of aryl methyl sites for hydroxylation is 1. The Morgan fingerprint density at radius 1 is 1.16 bits per heavy atom. The van der Waals surface area contributed by atoms with Crippen LogP contribution in [0.25, 0.3) is 11.3 Å². The molecule has 2 aromatic rings. The Morgan fingerprint density at radius 3 is 2.56 bits per heavy atom. The maximum absolute atomic E-state index is 12.7. The van der Waals surface area contributed by atoms with Crippen LogP contribution >= 0.6 is 0 Å². The summed E-state index contributed by atoms with van der Waals surface area (Å²) in [7, 11) is 0. The van der Waals surface area contributed by atoms with E-state index in [2.05, 4.69) is 29.3 Å². The zero-order valence-corrected chi connectivity index (χ0v) is 19.5. The molecule has 6 nitrogen and oxygen atoms in total. The minimum absolute atomic E-state index is 0.0210. The molecule has 0 spiro atoms. The van der Waals surface area contributed by atoms with Gasteiger partial charge in [0.15, 0.2) is 5.82 Å². The van der Waals surface area contributed by atoms with E-state index in [4.69, 9.17) is 4.98 Å². The minimum atomic E-state index is 0.0210. The molecule has 1 aliphatic rings. The first-order valence-electron chi connectivity index (χ1n) is 12.2. The van der Waals surface area contributed by atoms with Crippen LogP contribution in [0.5, 0.6) is 0 Å². The number of nitrogens with zero attached hydrogens (tertiary/aromatic N) is 3. The predicted octanol–water partition coefficient (Wildman–Crippen LogP) is 7.21. The fourth-order valence-electron chi connectivity index (χ4n) is 4.66. The van der Waals surface area contributed by atoms with Gasteiger partial charge in [-0.3, -0.25) is 4.79 Å². The number of carbonyl (C=O) groups is 1. The number of benzene rings is 1. The monoisotopic (exact) mass is 436 g/mol. The summed E-state index contributed by atoms with van der Waals surface area (Å²) in [5.74, 6) is 1.74. The van der Waals surface area contributed by atoms with Crippen molar-refractivity contribution in [2.45, 2.75) is 84.5 Å². The van der Waals surface area contributed by atoms with Crippen molar-refractivity contribution in [3.63, 3.8) is 0 Å². The summed E-state index contributed by atoms with van der Waals surface area (Å²) in [5, 5.41) is 6.01. The molecule has 0 saturated heterocycles. The Balaban J connectivity index is 1.78. The lowest BCUT2D eigenvalue weighted by Crippen LogP contribution is -2.19. The zero-order chi connectivity index (χ0) is 22.8. The summed E-state index contributed by atoms with van der Waals surface area (Å²) in [4.78, 5) is 32.9. The number of hydrogen-bond acceptors (Lipinski definition) is 5. The molecule has 1 aliphatic carbocycles. The van der Waals surface area contributed by atoms with E-state index in [1.165, 1.54) is 32.1 Å². The molecule has 1 aromatic carbocycles. The molecule has 1 saturated carbocycles. The van der Waals surface area contributed by atoms with Crippen LogP contribution in [0, 0.1) is 16.7 Å². The molecule has 1 aromatic heterocycles. The van der Waals surface area contributed by atoms with Gasteiger partial charge in [-0.25, -0.2) is 9.97 Å². The number of aromatic nitrogens is 2. The van der Waals surface area contributed by atoms with Gasteiger partial charge in [-0.1, -0.05) is 77.3 Å². The van der Waals surface area contributed by atoms with E-state index in [1.54, 1.807) is 18.3 Å². The molecule has 1 N–H and O–H groups in total. The van der Waals surface area contributed by atoms with Crippen molar-refractivity contribution in [3.8, 4) is 11.3 Å². The number of nitrogens with one attached hydrogen (secondary N) is 1. The Hall–Kier alpha value is -2.63. The Morgan fingerprint density at radius 2 is 1.91 bits per heavy atom. The van der Waals surface area contributed by atoms with E-state index in [0.717, 1.165) is 55.0 Å². The Labute approximate surface area is 191 Å². The average molecular weight is 437 g/mol. The summed E-state index contributed by atoms with van der Waals surface area (Å²) in [6, 6.07) is 7.03. The van der Waals surface area contributed by atoms with E-state index >= 15 is 0 Å². The molecule has 0 aliphatic heterocycles. The first kappa shape index (κ1) is 24.0. The topological polar surface area (TPSA) is 84.3 Å². The fourth-order valence-corrected chi connectivity index (χ4v) is 4.66. The molecule has 3 rings (SSSR count). The van der Waals surface area contributed by atoms with Crippen LogP contribution in [0.2, 0.25) is 0 Å². The SMILES string of the molecule is CCCC(CC)CC(=O)Nc1ncc(-c2ccc(N=O)cc2)nc1CCC1CCCCC1. The highest BCUT2D eigenvalue weighted by atomic mass is 16.3. The third-order valence-corrected chi connectivity index (χ3v) is 6.63. The third-order valence-electron chi connectivity index (χ3n) is 6.63. The quantitative estimate of drug-likeness (QED) is 0.377. The average Bonchev–Trinajstić information content (AvgIpc) is 2.83. The van der Waals surface area contributed by atoms with Gasteiger partial charge in [-0.15, -0.1) is 4.91 Å². The zero-order valence-electron chi connectivity index (χ0n) is 19.5. The maximum Gasteiger partial charge on any atom is 0.225 e. The van der Waals surface area contributed by atoms with Gasteiger partial charge in [0, 0.05) is 12.0 Å². The summed E-state index contributed by atoms with van der Waals surface area (Å²) in [6.45, 7) is 4.30. The molecule has 172 valence electrons. The lowest BCUT2D eigenvalue weighted by atomic mass is 9.86. The summed E-state index contributed by atoms with van der Waals surface area (Å²) >= 11 is 0. The van der Waals surface area contributed by atoms with Crippen LogP contribution in [0.1, 0.15) is 83.7 Å². The summed E-state index contributed by atoms with van der Waals surface area (Å²) < 4.78 is 0. The van der Waals surface area contributed by atoms with E-state index in [9.17, 15) is 9.70 Å². The van der Waals surface area contributed by atoms with Gasteiger partial charge in [0.2, 0.25) is 5.91 Å². The number of anilines is 1. The molecule has 1 unspecified atom stereocenters. The highest BCUT2D eigenvalue weighted by Crippen LogP contribution is 2.29. The van der Waals surface area contributed by atoms with Gasteiger partial charge in [0.05, 0.1) is 17.6 Å². The third kappa shape index (κ3) is 6.94. The maximum atomic E-state index is 12.7. The van der Waals surface area contributed by atoms with Gasteiger partial charge in [-0.05, 0) is 42.0 Å². The van der Waals surface area contributed by atoms with Crippen molar-refractivity contribution in [1.29, 1.82) is 0 Å². The standard InChI is InChI=1S/C26H36N4O2/c1-3-8-19(4-2)17-25(31)29-26-23(16-11-20-9-6-5-7-10-20)28-24(18-27-26)21-12-14-22(30-32)15-13-21/h12-15,18-20H,3-11,16-17H2,1-2H3,(H,27,29,31). The van der Waals surface area contributed by atoms with Gasteiger partial charge < -0.3 is 5.32 Å². The van der Waals surface area contributed by atoms with Crippen LogP contribution < -0.4 is 5.32 Å². The molecule has 32 heavy (non-hydrogen) atoms. The number of hydrogen-bond donors (Lipinski definition) is 1. The van der Waals surface area contributed by atoms with Crippen molar-refractivity contribution in [2.75, 3.05) is 5.32 Å². The number of rotatable bonds is 11. The lowest BCUT2D eigenvalue weighted by molar-refractivity contribution is -0.117. The highest BCUT2D eigenvalue weighted by Gasteiger charge is 2.18. The summed E-state index contributed by atoms with van der Waals surface area (Å²) in [6.07, 6.45) is 13.8. The van der Waals surface area contributed by atoms with E-state index in [0.29, 0.717) is 23.8 Å². The van der Waals surface area contributed by atoms with Crippen molar-refractivity contribution in [2.24, 2.45) is 17.0 Å². The number of amides is 1. The fraction of sp³-hybridized carbons (Fsp3) is 0.577. The first-order chi connectivity index (χ1) is 15.6. The van der Waals surface area contributed by atoms with Crippen LogP contribution in [0.4, 0.5) is 11.5 Å². The highest BCUT2D eigenvalue weighted by molar-refractivity contribution is 5.90.